The standard InChI is InChI=1S/C20H24N2O4S/c1-3-4-8-13(2)17-16(21-19(27)26-17)18(23)22-15(12-25-20(22)24)11-14-9-6-5-7-10-14/h3-7,9-10,13,15-17H,8,11-12H2,1-2H3,(H,21,27)/b4-3+/t13-,15+,16+,17-/m1/s1. The molecule has 0 aliphatic carbocycles. The molecule has 2 aliphatic rings. The van der Waals surface area contributed by atoms with Crippen molar-refractivity contribution in [1.82, 2.24) is 10.2 Å². The van der Waals surface area contributed by atoms with Crippen molar-refractivity contribution in [2.75, 3.05) is 6.61 Å². The van der Waals surface area contributed by atoms with Crippen LogP contribution in [0.4, 0.5) is 4.79 Å². The molecule has 4 atom stereocenters. The number of thiocarbonyl (C=S) groups is 1. The minimum atomic E-state index is -0.693. The Labute approximate surface area is 164 Å². The van der Waals surface area contributed by atoms with Gasteiger partial charge in [0.15, 0.2) is 0 Å². The number of nitrogens with zero attached hydrogens (tertiary/aromatic N) is 1. The van der Waals surface area contributed by atoms with Crippen LogP contribution in [-0.2, 0) is 20.7 Å². The molecule has 2 heterocycles. The number of amides is 2. The molecule has 0 aromatic heterocycles. The quantitative estimate of drug-likeness (QED) is 0.597. The van der Waals surface area contributed by atoms with Crippen molar-refractivity contribution in [2.24, 2.45) is 5.92 Å². The summed E-state index contributed by atoms with van der Waals surface area (Å²) in [6, 6.07) is 8.71. The van der Waals surface area contributed by atoms with Crippen LogP contribution in [0.25, 0.3) is 0 Å². The van der Waals surface area contributed by atoms with E-state index in [4.69, 9.17) is 21.7 Å². The van der Waals surface area contributed by atoms with Crippen molar-refractivity contribution < 1.29 is 19.1 Å². The Bertz CT molecular complexity index is 737. The fourth-order valence-electron chi connectivity index (χ4n) is 3.48. The van der Waals surface area contributed by atoms with E-state index >= 15 is 0 Å². The Hall–Kier alpha value is -2.41. The van der Waals surface area contributed by atoms with Gasteiger partial charge in [-0.25, -0.2) is 9.69 Å². The highest BCUT2D eigenvalue weighted by molar-refractivity contribution is 7.80. The van der Waals surface area contributed by atoms with Gasteiger partial charge in [0.1, 0.15) is 18.8 Å². The maximum absolute atomic E-state index is 13.2. The summed E-state index contributed by atoms with van der Waals surface area (Å²) in [6.45, 7) is 4.14. The summed E-state index contributed by atoms with van der Waals surface area (Å²) in [5, 5.41) is 3.12. The molecule has 0 unspecified atom stereocenters. The molecule has 0 radical (unpaired) electrons. The predicted molar refractivity (Wildman–Crippen MR) is 105 cm³/mol. The Morgan fingerprint density at radius 3 is 2.85 bits per heavy atom. The van der Waals surface area contributed by atoms with Crippen LogP contribution in [0.2, 0.25) is 0 Å². The van der Waals surface area contributed by atoms with E-state index in [9.17, 15) is 9.59 Å². The average molecular weight is 388 g/mol. The lowest BCUT2D eigenvalue weighted by Crippen LogP contribution is -2.53. The molecule has 2 aliphatic heterocycles. The Balaban J connectivity index is 1.76. The van der Waals surface area contributed by atoms with E-state index in [1.807, 2.05) is 56.3 Å². The van der Waals surface area contributed by atoms with Crippen LogP contribution in [0, 0.1) is 5.92 Å². The van der Waals surface area contributed by atoms with Gasteiger partial charge in [-0.15, -0.1) is 0 Å². The summed E-state index contributed by atoms with van der Waals surface area (Å²) in [6.07, 6.45) is 4.26. The van der Waals surface area contributed by atoms with Crippen molar-refractivity contribution in [3.63, 3.8) is 0 Å². The number of benzene rings is 1. The monoisotopic (exact) mass is 388 g/mol. The zero-order valence-corrected chi connectivity index (χ0v) is 16.3. The largest absolute Gasteiger partial charge is 0.465 e. The molecule has 1 N–H and O–H groups in total. The van der Waals surface area contributed by atoms with Crippen molar-refractivity contribution in [1.29, 1.82) is 0 Å². The summed E-state index contributed by atoms with van der Waals surface area (Å²) in [5.41, 5.74) is 1.04. The molecule has 1 aromatic carbocycles. The molecule has 6 nitrogen and oxygen atoms in total. The van der Waals surface area contributed by atoms with Crippen LogP contribution in [0.15, 0.2) is 42.5 Å². The van der Waals surface area contributed by atoms with Crippen molar-refractivity contribution in [2.45, 2.75) is 44.9 Å². The first-order valence-corrected chi connectivity index (χ1v) is 9.54. The number of carbonyl (C=O) groups excluding carboxylic acids is 2. The number of ether oxygens (including phenoxy) is 2. The van der Waals surface area contributed by atoms with Gasteiger partial charge in [0.05, 0.1) is 6.04 Å². The Kier molecular flexibility index (Phi) is 6.11. The highest BCUT2D eigenvalue weighted by Crippen LogP contribution is 2.26. The second-order valence-electron chi connectivity index (χ2n) is 6.90. The van der Waals surface area contributed by atoms with Gasteiger partial charge in [-0.3, -0.25) is 4.79 Å². The second kappa shape index (κ2) is 8.52. The number of imide groups is 1. The number of cyclic esters (lactones) is 1. The number of rotatable bonds is 6. The number of hydrogen-bond donors (Lipinski definition) is 1. The lowest BCUT2D eigenvalue weighted by molar-refractivity contribution is -0.132. The first-order valence-electron chi connectivity index (χ1n) is 9.13. The molecule has 7 heteroatoms. The topological polar surface area (TPSA) is 67.9 Å². The van der Waals surface area contributed by atoms with Crippen molar-refractivity contribution >= 4 is 29.4 Å². The van der Waals surface area contributed by atoms with E-state index < -0.39 is 18.2 Å². The van der Waals surface area contributed by atoms with Gasteiger partial charge in [-0.1, -0.05) is 49.4 Å². The number of carbonyl (C=O) groups is 2. The van der Waals surface area contributed by atoms with Gasteiger partial charge in [0.2, 0.25) is 0 Å². The lowest BCUT2D eigenvalue weighted by atomic mass is 9.94. The first-order chi connectivity index (χ1) is 13.0. The third-order valence-corrected chi connectivity index (χ3v) is 5.14. The zero-order valence-electron chi connectivity index (χ0n) is 15.5. The Morgan fingerprint density at radius 1 is 1.41 bits per heavy atom. The van der Waals surface area contributed by atoms with E-state index in [2.05, 4.69) is 5.32 Å². The highest BCUT2D eigenvalue weighted by atomic mass is 32.1. The normalized spacial score (nSPS) is 26.0. The number of nitrogens with one attached hydrogen (secondary N) is 1. The van der Waals surface area contributed by atoms with Crippen LogP contribution >= 0.6 is 12.2 Å². The van der Waals surface area contributed by atoms with Gasteiger partial charge in [0.25, 0.3) is 11.1 Å². The van der Waals surface area contributed by atoms with Gasteiger partial charge < -0.3 is 14.8 Å². The summed E-state index contributed by atoms with van der Waals surface area (Å²) in [4.78, 5) is 26.7. The maximum atomic E-state index is 13.2. The van der Waals surface area contributed by atoms with Gasteiger partial charge in [-0.05, 0) is 43.5 Å². The van der Waals surface area contributed by atoms with E-state index in [1.165, 1.54) is 4.90 Å². The smallest absolute Gasteiger partial charge is 0.417 e. The van der Waals surface area contributed by atoms with Crippen LogP contribution in [-0.4, -0.2) is 46.9 Å². The van der Waals surface area contributed by atoms with E-state index in [0.29, 0.717) is 6.42 Å². The summed E-state index contributed by atoms with van der Waals surface area (Å²) >= 11 is 5.12. The SMILES string of the molecule is C/C=C/C[C@@H](C)[C@H]1OC(=S)N[C@@H]1C(=O)N1C(=O)OC[C@@H]1Cc1ccccc1. The molecule has 2 fully saturated rings. The molecular weight excluding hydrogens is 364 g/mol. The van der Waals surface area contributed by atoms with Gasteiger partial charge >= 0.3 is 6.09 Å². The predicted octanol–water partition coefficient (Wildman–Crippen LogP) is 2.82. The molecule has 27 heavy (non-hydrogen) atoms. The summed E-state index contributed by atoms with van der Waals surface area (Å²) in [5.74, 6) is -0.287. The third kappa shape index (κ3) is 4.30. The Morgan fingerprint density at radius 2 is 2.15 bits per heavy atom. The maximum Gasteiger partial charge on any atom is 0.417 e. The molecule has 3 rings (SSSR count). The van der Waals surface area contributed by atoms with Crippen molar-refractivity contribution in [3.8, 4) is 0 Å². The fraction of sp³-hybridized carbons (Fsp3) is 0.450. The van der Waals surface area contributed by atoms with Crippen molar-refractivity contribution in [3.05, 3.63) is 48.0 Å². The molecule has 0 saturated carbocycles. The second-order valence-corrected chi connectivity index (χ2v) is 7.27. The fourth-order valence-corrected chi connectivity index (χ4v) is 3.72. The molecule has 1 aromatic rings. The molecule has 2 saturated heterocycles. The average Bonchev–Trinajstić information content (AvgIpc) is 3.23. The highest BCUT2D eigenvalue weighted by Gasteiger charge is 2.47. The van der Waals surface area contributed by atoms with E-state index in [1.54, 1.807) is 0 Å². The van der Waals surface area contributed by atoms with Gasteiger partial charge in [-0.2, -0.15) is 0 Å². The molecule has 2 amide bonds. The lowest BCUT2D eigenvalue weighted by Gasteiger charge is -2.27. The van der Waals surface area contributed by atoms with E-state index in [0.717, 1.165) is 12.0 Å². The molecular formula is C20H24N2O4S. The molecule has 0 bridgehead atoms. The van der Waals surface area contributed by atoms with Gasteiger partial charge in [0, 0.05) is 0 Å². The molecule has 144 valence electrons. The summed E-state index contributed by atoms with van der Waals surface area (Å²) < 4.78 is 10.9. The van der Waals surface area contributed by atoms with Crippen LogP contribution in [0.3, 0.4) is 0 Å². The third-order valence-electron chi connectivity index (χ3n) is 4.93. The number of allylic oxidation sites excluding steroid dienone is 2. The van der Waals surface area contributed by atoms with Crippen LogP contribution in [0.5, 0.6) is 0 Å². The van der Waals surface area contributed by atoms with E-state index in [-0.39, 0.29) is 29.6 Å². The minimum Gasteiger partial charge on any atom is -0.465 e. The first kappa shape index (κ1) is 19.4. The number of hydrogen-bond acceptors (Lipinski definition) is 5. The van der Waals surface area contributed by atoms with Crippen LogP contribution < -0.4 is 5.32 Å². The minimum absolute atomic E-state index is 0.0642. The zero-order chi connectivity index (χ0) is 19.4. The molecule has 0 spiro atoms. The summed E-state index contributed by atoms with van der Waals surface area (Å²) in [7, 11) is 0. The van der Waals surface area contributed by atoms with Crippen LogP contribution in [0.1, 0.15) is 25.8 Å².